The number of aromatic nitrogens is 3. The summed E-state index contributed by atoms with van der Waals surface area (Å²) >= 11 is 0. The van der Waals surface area contributed by atoms with E-state index in [-0.39, 0.29) is 6.42 Å². The molecule has 0 aliphatic carbocycles. The van der Waals surface area contributed by atoms with E-state index in [2.05, 4.69) is 10.2 Å². The van der Waals surface area contributed by atoms with Crippen molar-refractivity contribution >= 4 is 5.97 Å². The quantitative estimate of drug-likeness (QED) is 0.802. The van der Waals surface area contributed by atoms with Gasteiger partial charge in [0.15, 0.2) is 0 Å². The molecule has 0 fully saturated rings. The van der Waals surface area contributed by atoms with Gasteiger partial charge in [-0.2, -0.15) is 5.10 Å². The standard InChI is InChI=1S/C11H11N3O3/c15-10(16)9(14-7-12-13-11(14)17)6-8-4-2-1-3-5-8/h1-5,7,9H,6H2,(H,13,17)(H,15,16). The normalized spacial score (nSPS) is 12.2. The molecule has 6 heteroatoms. The van der Waals surface area contributed by atoms with Crippen LogP contribution in [0.1, 0.15) is 11.6 Å². The highest BCUT2D eigenvalue weighted by atomic mass is 16.4. The van der Waals surface area contributed by atoms with E-state index in [1.165, 1.54) is 6.33 Å². The fourth-order valence-corrected chi connectivity index (χ4v) is 1.62. The molecule has 1 atom stereocenters. The molecule has 1 unspecified atom stereocenters. The van der Waals surface area contributed by atoms with Gasteiger partial charge in [0.1, 0.15) is 12.4 Å². The molecule has 88 valence electrons. The summed E-state index contributed by atoms with van der Waals surface area (Å²) in [7, 11) is 0. The van der Waals surface area contributed by atoms with Gasteiger partial charge >= 0.3 is 11.7 Å². The second-order valence-corrected chi connectivity index (χ2v) is 3.61. The highest BCUT2D eigenvalue weighted by Crippen LogP contribution is 2.12. The minimum absolute atomic E-state index is 0.246. The van der Waals surface area contributed by atoms with E-state index in [0.717, 1.165) is 10.1 Å². The molecule has 0 amide bonds. The molecular formula is C11H11N3O3. The lowest BCUT2D eigenvalue weighted by atomic mass is 10.1. The van der Waals surface area contributed by atoms with Gasteiger partial charge in [-0.25, -0.2) is 14.7 Å². The van der Waals surface area contributed by atoms with Gasteiger partial charge in [-0.1, -0.05) is 30.3 Å². The van der Waals surface area contributed by atoms with Crippen LogP contribution in [0, 0.1) is 0 Å². The number of hydrogen-bond donors (Lipinski definition) is 2. The third kappa shape index (κ3) is 2.41. The van der Waals surface area contributed by atoms with Gasteiger partial charge in [0.05, 0.1) is 0 Å². The van der Waals surface area contributed by atoms with Crippen molar-refractivity contribution in [2.75, 3.05) is 0 Å². The molecule has 0 bridgehead atoms. The molecule has 2 aromatic rings. The van der Waals surface area contributed by atoms with Gasteiger partial charge < -0.3 is 5.11 Å². The summed E-state index contributed by atoms with van der Waals surface area (Å²) < 4.78 is 1.08. The van der Waals surface area contributed by atoms with E-state index >= 15 is 0 Å². The number of carboxylic acid groups (broad SMARTS) is 1. The second kappa shape index (κ2) is 4.65. The molecule has 2 rings (SSSR count). The lowest BCUT2D eigenvalue weighted by Crippen LogP contribution is -2.29. The third-order valence-corrected chi connectivity index (χ3v) is 2.47. The van der Waals surface area contributed by atoms with Crippen molar-refractivity contribution in [1.29, 1.82) is 0 Å². The minimum Gasteiger partial charge on any atom is -0.480 e. The fourth-order valence-electron chi connectivity index (χ4n) is 1.62. The van der Waals surface area contributed by atoms with E-state index in [0.29, 0.717) is 0 Å². The van der Waals surface area contributed by atoms with Crippen LogP contribution in [0.3, 0.4) is 0 Å². The molecule has 0 spiro atoms. The molecule has 6 nitrogen and oxygen atoms in total. The molecule has 0 saturated carbocycles. The lowest BCUT2D eigenvalue weighted by Gasteiger charge is -2.12. The SMILES string of the molecule is O=C(O)C(Cc1ccccc1)n1cn[nH]c1=O. The number of aliphatic carboxylic acids is 1. The Labute approximate surface area is 96.5 Å². The van der Waals surface area contributed by atoms with Crippen LogP contribution in [0.4, 0.5) is 0 Å². The topological polar surface area (TPSA) is 88.0 Å². The van der Waals surface area contributed by atoms with E-state index in [1.807, 2.05) is 30.3 Å². The molecule has 0 aliphatic rings. The zero-order valence-corrected chi connectivity index (χ0v) is 8.91. The Balaban J connectivity index is 2.29. The first kappa shape index (κ1) is 11.1. The van der Waals surface area contributed by atoms with Crippen molar-refractivity contribution < 1.29 is 9.90 Å². The molecular weight excluding hydrogens is 222 g/mol. The van der Waals surface area contributed by atoms with E-state index < -0.39 is 17.7 Å². The maximum Gasteiger partial charge on any atom is 0.343 e. The zero-order valence-electron chi connectivity index (χ0n) is 8.91. The number of nitrogens with zero attached hydrogens (tertiary/aromatic N) is 2. The monoisotopic (exact) mass is 233 g/mol. The van der Waals surface area contributed by atoms with Gasteiger partial charge in [-0.15, -0.1) is 0 Å². The average Bonchev–Trinajstić information content (AvgIpc) is 2.73. The number of carboxylic acids is 1. The average molecular weight is 233 g/mol. The molecule has 1 heterocycles. The number of rotatable bonds is 4. The molecule has 0 aliphatic heterocycles. The third-order valence-electron chi connectivity index (χ3n) is 2.47. The van der Waals surface area contributed by atoms with Gasteiger partial charge in [-0.3, -0.25) is 4.57 Å². The predicted octanol–water partition coefficient (Wildman–Crippen LogP) is 0.440. The van der Waals surface area contributed by atoms with Crippen molar-refractivity contribution in [3.8, 4) is 0 Å². The highest BCUT2D eigenvalue weighted by molar-refractivity contribution is 5.72. The Morgan fingerprint density at radius 2 is 2.12 bits per heavy atom. The number of carbonyl (C=O) groups is 1. The fraction of sp³-hybridized carbons (Fsp3) is 0.182. The first-order chi connectivity index (χ1) is 8.18. The van der Waals surface area contributed by atoms with Gasteiger partial charge in [0, 0.05) is 6.42 Å². The van der Waals surface area contributed by atoms with Crippen LogP contribution < -0.4 is 5.69 Å². The molecule has 2 N–H and O–H groups in total. The first-order valence-corrected chi connectivity index (χ1v) is 5.06. The first-order valence-electron chi connectivity index (χ1n) is 5.06. The van der Waals surface area contributed by atoms with Gasteiger partial charge in [0.25, 0.3) is 0 Å². The summed E-state index contributed by atoms with van der Waals surface area (Å²) in [6, 6.07) is 8.20. The van der Waals surface area contributed by atoms with Crippen LogP contribution in [0.25, 0.3) is 0 Å². The Morgan fingerprint density at radius 3 is 2.65 bits per heavy atom. The minimum atomic E-state index is -1.06. The maximum absolute atomic E-state index is 11.3. The van der Waals surface area contributed by atoms with Gasteiger partial charge in [-0.05, 0) is 5.56 Å². The smallest absolute Gasteiger partial charge is 0.343 e. The van der Waals surface area contributed by atoms with Crippen LogP contribution in [-0.2, 0) is 11.2 Å². The van der Waals surface area contributed by atoms with Gasteiger partial charge in [0.2, 0.25) is 0 Å². The Bertz CT molecular complexity index is 559. The van der Waals surface area contributed by atoms with Crippen LogP contribution in [0.5, 0.6) is 0 Å². The van der Waals surface area contributed by atoms with Crippen molar-refractivity contribution in [3.05, 3.63) is 52.7 Å². The summed E-state index contributed by atoms with van der Waals surface area (Å²) in [5.41, 5.74) is 0.335. The second-order valence-electron chi connectivity index (χ2n) is 3.61. The molecule has 1 aromatic carbocycles. The number of nitrogens with one attached hydrogen (secondary N) is 1. The Kier molecular flexibility index (Phi) is 3.04. The van der Waals surface area contributed by atoms with E-state index in [4.69, 9.17) is 5.11 Å². The molecule has 0 saturated heterocycles. The Morgan fingerprint density at radius 1 is 1.41 bits per heavy atom. The number of hydrogen-bond acceptors (Lipinski definition) is 3. The summed E-state index contributed by atoms with van der Waals surface area (Å²) in [6.07, 6.45) is 1.44. The van der Waals surface area contributed by atoms with Crippen LogP contribution in [0.15, 0.2) is 41.5 Å². The Hall–Kier alpha value is -2.37. The van der Waals surface area contributed by atoms with Crippen molar-refractivity contribution in [3.63, 3.8) is 0 Å². The zero-order chi connectivity index (χ0) is 12.3. The van der Waals surface area contributed by atoms with E-state index in [9.17, 15) is 9.59 Å². The number of benzene rings is 1. The highest BCUT2D eigenvalue weighted by Gasteiger charge is 2.21. The summed E-state index contributed by atoms with van der Waals surface area (Å²) in [5, 5.41) is 14.8. The van der Waals surface area contributed by atoms with Crippen molar-refractivity contribution in [2.24, 2.45) is 0 Å². The molecule has 1 aromatic heterocycles. The molecule has 0 radical (unpaired) electrons. The van der Waals surface area contributed by atoms with Crippen molar-refractivity contribution in [2.45, 2.75) is 12.5 Å². The molecule has 17 heavy (non-hydrogen) atoms. The van der Waals surface area contributed by atoms with Crippen LogP contribution in [0.2, 0.25) is 0 Å². The summed E-state index contributed by atoms with van der Waals surface area (Å²) in [6.45, 7) is 0. The largest absolute Gasteiger partial charge is 0.480 e. The number of H-pyrrole nitrogens is 1. The van der Waals surface area contributed by atoms with E-state index in [1.54, 1.807) is 0 Å². The number of aromatic amines is 1. The maximum atomic E-state index is 11.3. The summed E-state index contributed by atoms with van der Waals surface area (Å²) in [4.78, 5) is 22.5. The van der Waals surface area contributed by atoms with Crippen LogP contribution in [-0.4, -0.2) is 25.8 Å². The summed E-state index contributed by atoms with van der Waals surface area (Å²) in [5.74, 6) is -1.06. The van der Waals surface area contributed by atoms with Crippen molar-refractivity contribution in [1.82, 2.24) is 14.8 Å². The van der Waals surface area contributed by atoms with Crippen LogP contribution >= 0.6 is 0 Å². The predicted molar refractivity (Wildman–Crippen MR) is 59.7 cm³/mol. The lowest BCUT2D eigenvalue weighted by molar-refractivity contribution is -0.141.